The first-order valence-electron chi connectivity index (χ1n) is 7.22. The van der Waals surface area contributed by atoms with Crippen molar-refractivity contribution in [2.45, 2.75) is 19.8 Å². The van der Waals surface area contributed by atoms with Crippen molar-refractivity contribution in [2.75, 3.05) is 0 Å². The van der Waals surface area contributed by atoms with Gasteiger partial charge in [0.25, 0.3) is 0 Å². The summed E-state index contributed by atoms with van der Waals surface area (Å²) in [6.07, 6.45) is 8.94. The van der Waals surface area contributed by atoms with E-state index in [4.69, 9.17) is 0 Å². The SMILES string of the molecule is C/C=C/C(c1ccccc1)C(C)/C=C/c1ccccc1. The Hall–Kier alpha value is -2.08. The van der Waals surface area contributed by atoms with E-state index < -0.39 is 0 Å². The number of hydrogen-bond acceptors (Lipinski definition) is 0. The van der Waals surface area contributed by atoms with Crippen LogP contribution in [0.25, 0.3) is 6.08 Å². The second-order valence-electron chi connectivity index (χ2n) is 5.09. The predicted molar refractivity (Wildman–Crippen MR) is 88.6 cm³/mol. The highest BCUT2D eigenvalue weighted by Gasteiger charge is 2.13. The lowest BCUT2D eigenvalue weighted by Crippen LogP contribution is -2.04. The Morgan fingerprint density at radius 1 is 0.800 bits per heavy atom. The first kappa shape index (κ1) is 14.3. The Morgan fingerprint density at radius 2 is 1.40 bits per heavy atom. The van der Waals surface area contributed by atoms with E-state index in [0.717, 1.165) is 0 Å². The zero-order valence-electron chi connectivity index (χ0n) is 12.2. The van der Waals surface area contributed by atoms with Crippen LogP contribution in [-0.4, -0.2) is 0 Å². The highest BCUT2D eigenvalue weighted by molar-refractivity contribution is 5.49. The van der Waals surface area contributed by atoms with Crippen molar-refractivity contribution in [3.05, 3.63) is 90.0 Å². The molecule has 0 fully saturated rings. The van der Waals surface area contributed by atoms with Gasteiger partial charge in [-0.05, 0) is 24.0 Å². The van der Waals surface area contributed by atoms with Gasteiger partial charge in [-0.1, -0.05) is 91.9 Å². The summed E-state index contributed by atoms with van der Waals surface area (Å²) in [5.41, 5.74) is 2.63. The largest absolute Gasteiger partial charge is 0.0910 e. The second kappa shape index (κ2) is 7.49. The van der Waals surface area contributed by atoms with Crippen molar-refractivity contribution in [3.8, 4) is 0 Å². The highest BCUT2D eigenvalue weighted by atomic mass is 14.2. The summed E-state index contributed by atoms with van der Waals surface area (Å²) in [5.74, 6) is 0.898. The van der Waals surface area contributed by atoms with E-state index in [9.17, 15) is 0 Å². The summed E-state index contributed by atoms with van der Waals surface area (Å²) in [6, 6.07) is 21.2. The second-order valence-corrected chi connectivity index (χ2v) is 5.09. The van der Waals surface area contributed by atoms with E-state index in [-0.39, 0.29) is 0 Å². The van der Waals surface area contributed by atoms with Gasteiger partial charge >= 0.3 is 0 Å². The predicted octanol–water partition coefficient (Wildman–Crippen LogP) is 5.70. The molecule has 0 saturated carbocycles. The maximum Gasteiger partial charge on any atom is 0.00781 e. The molecular formula is C20H22. The third-order valence-corrected chi connectivity index (χ3v) is 3.54. The van der Waals surface area contributed by atoms with Crippen LogP contribution >= 0.6 is 0 Å². The Kier molecular flexibility index (Phi) is 5.37. The maximum atomic E-state index is 2.30. The molecule has 2 aromatic carbocycles. The maximum absolute atomic E-state index is 2.30. The van der Waals surface area contributed by atoms with E-state index >= 15 is 0 Å². The first-order chi connectivity index (χ1) is 9.81. The lowest BCUT2D eigenvalue weighted by atomic mass is 9.86. The standard InChI is InChI=1S/C20H22/c1-3-10-20(19-13-8-5-9-14-19)17(2)15-16-18-11-6-4-7-12-18/h3-17,20H,1-2H3/b10-3+,16-15+. The summed E-state index contributed by atoms with van der Waals surface area (Å²) in [6.45, 7) is 4.36. The van der Waals surface area contributed by atoms with Crippen LogP contribution in [0.2, 0.25) is 0 Å². The molecule has 0 saturated heterocycles. The third-order valence-electron chi connectivity index (χ3n) is 3.54. The molecule has 0 N–H and O–H groups in total. The fourth-order valence-electron chi connectivity index (χ4n) is 2.42. The molecule has 0 heteroatoms. The van der Waals surface area contributed by atoms with Crippen LogP contribution in [0.1, 0.15) is 30.9 Å². The van der Waals surface area contributed by atoms with Gasteiger partial charge in [0.1, 0.15) is 0 Å². The summed E-state index contributed by atoms with van der Waals surface area (Å²) >= 11 is 0. The van der Waals surface area contributed by atoms with E-state index in [1.54, 1.807) is 0 Å². The molecule has 0 aliphatic rings. The van der Waals surface area contributed by atoms with Crippen molar-refractivity contribution < 1.29 is 0 Å². The summed E-state index contributed by atoms with van der Waals surface area (Å²) in [4.78, 5) is 0. The summed E-state index contributed by atoms with van der Waals surface area (Å²) in [5, 5.41) is 0. The van der Waals surface area contributed by atoms with E-state index in [1.807, 2.05) is 6.07 Å². The van der Waals surface area contributed by atoms with Gasteiger partial charge in [-0.3, -0.25) is 0 Å². The van der Waals surface area contributed by atoms with Crippen LogP contribution in [0, 0.1) is 5.92 Å². The molecule has 102 valence electrons. The van der Waals surface area contributed by atoms with Crippen LogP contribution in [0.15, 0.2) is 78.9 Å². The van der Waals surface area contributed by atoms with Gasteiger partial charge in [-0.25, -0.2) is 0 Å². The van der Waals surface area contributed by atoms with Crippen LogP contribution in [0.5, 0.6) is 0 Å². The zero-order chi connectivity index (χ0) is 14.2. The van der Waals surface area contributed by atoms with Crippen LogP contribution in [-0.2, 0) is 0 Å². The third kappa shape index (κ3) is 3.96. The molecule has 2 aromatic rings. The fraction of sp³-hybridized carbons (Fsp3) is 0.200. The minimum Gasteiger partial charge on any atom is -0.0910 e. The molecule has 0 bridgehead atoms. The molecular weight excluding hydrogens is 240 g/mol. The van der Waals surface area contributed by atoms with E-state index in [0.29, 0.717) is 11.8 Å². The first-order valence-corrected chi connectivity index (χ1v) is 7.22. The number of rotatable bonds is 5. The van der Waals surface area contributed by atoms with Gasteiger partial charge in [-0.2, -0.15) is 0 Å². The molecule has 0 spiro atoms. The molecule has 0 aliphatic heterocycles. The summed E-state index contributed by atoms with van der Waals surface area (Å²) in [7, 11) is 0. The molecule has 20 heavy (non-hydrogen) atoms. The van der Waals surface area contributed by atoms with Crippen LogP contribution in [0.4, 0.5) is 0 Å². The highest BCUT2D eigenvalue weighted by Crippen LogP contribution is 2.27. The molecule has 0 nitrogen and oxygen atoms in total. The van der Waals surface area contributed by atoms with Crippen molar-refractivity contribution in [1.29, 1.82) is 0 Å². The number of benzene rings is 2. The lowest BCUT2D eigenvalue weighted by Gasteiger charge is -2.18. The van der Waals surface area contributed by atoms with Gasteiger partial charge in [0.05, 0.1) is 0 Å². The topological polar surface area (TPSA) is 0 Å². The van der Waals surface area contributed by atoms with Crippen LogP contribution in [0.3, 0.4) is 0 Å². The molecule has 0 aromatic heterocycles. The van der Waals surface area contributed by atoms with Gasteiger partial charge in [0.2, 0.25) is 0 Å². The average Bonchev–Trinajstić information content (AvgIpc) is 2.52. The van der Waals surface area contributed by atoms with Crippen molar-refractivity contribution in [3.63, 3.8) is 0 Å². The Balaban J connectivity index is 2.16. The van der Waals surface area contributed by atoms with Crippen LogP contribution < -0.4 is 0 Å². The van der Waals surface area contributed by atoms with Crippen molar-refractivity contribution in [1.82, 2.24) is 0 Å². The average molecular weight is 262 g/mol. The monoisotopic (exact) mass is 262 g/mol. The Labute approximate surface area is 122 Å². The quantitative estimate of drug-likeness (QED) is 0.607. The molecule has 0 radical (unpaired) electrons. The molecule has 0 heterocycles. The molecule has 0 amide bonds. The van der Waals surface area contributed by atoms with Gasteiger partial charge in [0, 0.05) is 5.92 Å². The van der Waals surface area contributed by atoms with Gasteiger partial charge < -0.3 is 0 Å². The van der Waals surface area contributed by atoms with E-state index in [2.05, 4.69) is 92.7 Å². The van der Waals surface area contributed by atoms with Gasteiger partial charge in [0.15, 0.2) is 0 Å². The minimum absolute atomic E-state index is 0.432. The molecule has 2 rings (SSSR count). The summed E-state index contributed by atoms with van der Waals surface area (Å²) < 4.78 is 0. The van der Waals surface area contributed by atoms with E-state index in [1.165, 1.54) is 11.1 Å². The van der Waals surface area contributed by atoms with Gasteiger partial charge in [-0.15, -0.1) is 0 Å². The van der Waals surface area contributed by atoms with Crippen molar-refractivity contribution >= 4 is 6.08 Å². The zero-order valence-corrected chi connectivity index (χ0v) is 12.2. The number of hydrogen-bond donors (Lipinski definition) is 0. The molecule has 2 atom stereocenters. The fourth-order valence-corrected chi connectivity index (χ4v) is 2.42. The smallest absolute Gasteiger partial charge is 0.00781 e. The number of allylic oxidation sites excluding steroid dienone is 3. The molecule has 0 aliphatic carbocycles. The minimum atomic E-state index is 0.432. The normalized spacial score (nSPS) is 14.7. The molecule has 2 unspecified atom stereocenters. The Morgan fingerprint density at radius 3 is 2.00 bits per heavy atom. The van der Waals surface area contributed by atoms with Crippen molar-refractivity contribution in [2.24, 2.45) is 5.92 Å². The Bertz CT molecular complexity index is 549. The lowest BCUT2D eigenvalue weighted by molar-refractivity contribution is 0.644.